The Hall–Kier alpha value is -3.62. The largest absolute Gasteiger partial charge is 0.368 e. The van der Waals surface area contributed by atoms with Crippen molar-refractivity contribution < 1.29 is 9.59 Å². The van der Waals surface area contributed by atoms with Gasteiger partial charge in [0.15, 0.2) is 5.69 Å². The second kappa shape index (κ2) is 8.73. The van der Waals surface area contributed by atoms with Crippen molar-refractivity contribution in [3.8, 4) is 0 Å². The minimum Gasteiger partial charge on any atom is -0.368 e. The van der Waals surface area contributed by atoms with Gasteiger partial charge in [-0.2, -0.15) is 0 Å². The number of hydrogen-bond acceptors (Lipinski definition) is 5. The first-order valence-electron chi connectivity index (χ1n) is 11.4. The molecule has 0 N–H and O–H groups in total. The van der Waals surface area contributed by atoms with Crippen LogP contribution in [0.3, 0.4) is 0 Å². The van der Waals surface area contributed by atoms with Gasteiger partial charge in [-0.15, -0.1) is 0 Å². The molecule has 2 aliphatic rings. The first-order valence-corrected chi connectivity index (χ1v) is 11.4. The molecule has 33 heavy (non-hydrogen) atoms. The molecule has 9 heteroatoms. The number of amides is 3. The van der Waals surface area contributed by atoms with Crippen molar-refractivity contribution in [3.05, 3.63) is 60.4 Å². The van der Waals surface area contributed by atoms with Crippen LogP contribution in [0.25, 0.3) is 5.52 Å². The molecular weight excluding hydrogens is 418 g/mol. The molecule has 9 nitrogen and oxygen atoms in total. The van der Waals surface area contributed by atoms with E-state index in [1.807, 2.05) is 50.7 Å². The Morgan fingerprint density at radius 1 is 1.00 bits per heavy atom. The summed E-state index contributed by atoms with van der Waals surface area (Å²) in [7, 11) is 3.53. The number of carbonyl (C=O) groups excluding carboxylic acids is 2. The second-order valence-corrected chi connectivity index (χ2v) is 8.79. The minimum absolute atomic E-state index is 0.0229. The van der Waals surface area contributed by atoms with Crippen molar-refractivity contribution in [1.29, 1.82) is 0 Å². The van der Waals surface area contributed by atoms with Crippen LogP contribution in [0, 0.1) is 0 Å². The molecule has 5 rings (SSSR count). The molecule has 2 fully saturated rings. The van der Waals surface area contributed by atoms with E-state index in [1.54, 1.807) is 31.4 Å². The third-order valence-corrected chi connectivity index (χ3v) is 6.55. The van der Waals surface area contributed by atoms with Gasteiger partial charge in [0.05, 0.1) is 11.6 Å². The summed E-state index contributed by atoms with van der Waals surface area (Å²) < 4.78 is 1.98. The maximum atomic E-state index is 13.5. The number of rotatable bonds is 3. The lowest BCUT2D eigenvalue weighted by molar-refractivity contribution is 0.0743. The molecule has 3 aromatic heterocycles. The van der Waals surface area contributed by atoms with Crippen LogP contribution in [0.2, 0.25) is 0 Å². The predicted molar refractivity (Wildman–Crippen MR) is 125 cm³/mol. The normalized spacial score (nSPS) is 18.7. The number of anilines is 1. The highest BCUT2D eigenvalue weighted by Gasteiger charge is 2.35. The standard InChI is InChI=1S/C24H29N7O2/c1-27(2)24(33)31-13-5-7-20(31)22-26-21(19-6-3-4-12-30(19)22)23(32)29-16-14-28(15-17-29)18-8-10-25-11-9-18/h3-4,6,8-12,20H,5,7,13-17H2,1-2H3/t20-/m0/s1. The number of carbonyl (C=O) groups is 2. The molecule has 0 unspecified atom stereocenters. The van der Waals surface area contributed by atoms with Crippen LogP contribution < -0.4 is 4.90 Å². The SMILES string of the molecule is CN(C)C(=O)N1CCC[C@H]1c1nc(C(=O)N2CCN(c3ccncc3)CC2)c2ccccn12. The van der Waals surface area contributed by atoms with Gasteiger partial charge in [-0.25, -0.2) is 9.78 Å². The zero-order valence-electron chi connectivity index (χ0n) is 19.1. The van der Waals surface area contributed by atoms with Crippen LogP contribution >= 0.6 is 0 Å². The van der Waals surface area contributed by atoms with E-state index in [9.17, 15) is 9.59 Å². The summed E-state index contributed by atoms with van der Waals surface area (Å²) in [6.07, 6.45) is 7.28. The molecule has 172 valence electrons. The van der Waals surface area contributed by atoms with E-state index in [0.717, 1.165) is 43.0 Å². The van der Waals surface area contributed by atoms with Crippen LogP contribution in [0.1, 0.15) is 35.2 Å². The molecule has 0 bridgehead atoms. The topological polar surface area (TPSA) is 77.3 Å². The summed E-state index contributed by atoms with van der Waals surface area (Å²) in [6, 6.07) is 9.63. The van der Waals surface area contributed by atoms with Crippen LogP contribution in [-0.2, 0) is 0 Å². The van der Waals surface area contributed by atoms with Crippen molar-refractivity contribution in [1.82, 2.24) is 29.1 Å². The third kappa shape index (κ3) is 3.88. The van der Waals surface area contributed by atoms with Gasteiger partial charge in [0.1, 0.15) is 5.82 Å². The maximum absolute atomic E-state index is 13.5. The number of aromatic nitrogens is 3. The summed E-state index contributed by atoms with van der Waals surface area (Å²) in [4.78, 5) is 42.8. The fourth-order valence-corrected chi connectivity index (χ4v) is 4.85. The van der Waals surface area contributed by atoms with Gasteiger partial charge in [0.2, 0.25) is 0 Å². The van der Waals surface area contributed by atoms with Crippen LogP contribution in [0.4, 0.5) is 10.5 Å². The lowest BCUT2D eigenvalue weighted by Gasteiger charge is -2.35. The number of imidazole rings is 1. The predicted octanol–water partition coefficient (Wildman–Crippen LogP) is 2.51. The Kier molecular flexibility index (Phi) is 5.62. The Morgan fingerprint density at radius 2 is 1.76 bits per heavy atom. The van der Waals surface area contributed by atoms with Crippen molar-refractivity contribution in [2.75, 3.05) is 51.7 Å². The molecule has 2 saturated heterocycles. The molecule has 5 heterocycles. The summed E-state index contributed by atoms with van der Waals surface area (Å²) in [6.45, 7) is 3.50. The number of fused-ring (bicyclic) bond motifs is 1. The molecule has 0 spiro atoms. The van der Waals surface area contributed by atoms with E-state index in [0.29, 0.717) is 25.3 Å². The molecule has 0 aromatic carbocycles. The molecule has 0 saturated carbocycles. The minimum atomic E-state index is -0.139. The zero-order chi connectivity index (χ0) is 22.9. The van der Waals surface area contributed by atoms with Gasteiger partial charge in [-0.3, -0.25) is 9.78 Å². The van der Waals surface area contributed by atoms with Gasteiger partial charge in [-0.1, -0.05) is 6.07 Å². The average Bonchev–Trinajstić information content (AvgIpc) is 3.48. The first-order chi connectivity index (χ1) is 16.0. The van der Waals surface area contributed by atoms with Crippen molar-refractivity contribution >= 4 is 23.1 Å². The first kappa shape index (κ1) is 21.2. The fourth-order valence-electron chi connectivity index (χ4n) is 4.85. The number of piperazine rings is 1. The Labute approximate surface area is 193 Å². The molecule has 3 amide bonds. The van der Waals surface area contributed by atoms with Gasteiger partial charge in [0, 0.05) is 71.1 Å². The van der Waals surface area contributed by atoms with Crippen LogP contribution in [0.15, 0.2) is 48.9 Å². The third-order valence-electron chi connectivity index (χ3n) is 6.55. The smallest absolute Gasteiger partial charge is 0.320 e. The fraction of sp³-hybridized carbons (Fsp3) is 0.417. The Bertz CT molecular complexity index is 1150. The van der Waals surface area contributed by atoms with E-state index in [4.69, 9.17) is 4.98 Å². The molecule has 2 aliphatic heterocycles. The monoisotopic (exact) mass is 447 g/mol. The highest BCUT2D eigenvalue weighted by atomic mass is 16.2. The maximum Gasteiger partial charge on any atom is 0.320 e. The number of urea groups is 1. The number of pyridine rings is 2. The van der Waals surface area contributed by atoms with Crippen LogP contribution in [-0.4, -0.2) is 87.8 Å². The number of nitrogens with zero attached hydrogens (tertiary/aromatic N) is 7. The summed E-state index contributed by atoms with van der Waals surface area (Å²) in [5.74, 6) is 0.708. The molecule has 0 aliphatic carbocycles. The summed E-state index contributed by atoms with van der Waals surface area (Å²) >= 11 is 0. The summed E-state index contributed by atoms with van der Waals surface area (Å²) in [5, 5.41) is 0. The van der Waals surface area contributed by atoms with E-state index in [-0.39, 0.29) is 18.0 Å². The molecular formula is C24H29N7O2. The second-order valence-electron chi connectivity index (χ2n) is 8.79. The van der Waals surface area contributed by atoms with E-state index < -0.39 is 0 Å². The zero-order valence-corrected chi connectivity index (χ0v) is 19.1. The van der Waals surface area contributed by atoms with E-state index in [2.05, 4.69) is 9.88 Å². The highest BCUT2D eigenvalue weighted by Crippen LogP contribution is 2.33. The summed E-state index contributed by atoms with van der Waals surface area (Å²) in [5.41, 5.74) is 2.38. The molecule has 1 atom stereocenters. The lowest BCUT2D eigenvalue weighted by atomic mass is 10.2. The van der Waals surface area contributed by atoms with Crippen molar-refractivity contribution in [3.63, 3.8) is 0 Å². The molecule has 3 aromatic rings. The van der Waals surface area contributed by atoms with E-state index in [1.165, 1.54) is 0 Å². The van der Waals surface area contributed by atoms with Gasteiger partial charge in [-0.05, 0) is 37.1 Å². The van der Waals surface area contributed by atoms with Gasteiger partial charge < -0.3 is 24.0 Å². The average molecular weight is 448 g/mol. The Morgan fingerprint density at radius 3 is 2.48 bits per heavy atom. The van der Waals surface area contributed by atoms with Gasteiger partial charge >= 0.3 is 6.03 Å². The molecule has 0 radical (unpaired) electrons. The van der Waals surface area contributed by atoms with Crippen LogP contribution in [0.5, 0.6) is 0 Å². The lowest BCUT2D eigenvalue weighted by Crippen LogP contribution is -2.49. The number of hydrogen-bond donors (Lipinski definition) is 0. The quantitative estimate of drug-likeness (QED) is 0.617. The van der Waals surface area contributed by atoms with Crippen molar-refractivity contribution in [2.24, 2.45) is 0 Å². The van der Waals surface area contributed by atoms with E-state index >= 15 is 0 Å². The highest BCUT2D eigenvalue weighted by molar-refractivity contribution is 5.99. The number of likely N-dealkylation sites (tertiary alicyclic amines) is 1. The van der Waals surface area contributed by atoms with Crippen molar-refractivity contribution in [2.45, 2.75) is 18.9 Å². The Balaban J connectivity index is 1.40. The van der Waals surface area contributed by atoms with Gasteiger partial charge in [0.25, 0.3) is 5.91 Å².